The van der Waals surface area contributed by atoms with E-state index in [1.165, 1.54) is 6.07 Å². The molecule has 0 radical (unpaired) electrons. The van der Waals surface area contributed by atoms with Crippen LogP contribution in [0.2, 0.25) is 0 Å². The van der Waals surface area contributed by atoms with Gasteiger partial charge in [0.2, 0.25) is 0 Å². The third kappa shape index (κ3) is 5.03. The summed E-state index contributed by atoms with van der Waals surface area (Å²) in [5, 5.41) is 0. The predicted molar refractivity (Wildman–Crippen MR) is 70.0 cm³/mol. The highest BCUT2D eigenvalue weighted by Gasteiger charge is 2.05. The maximum Gasteiger partial charge on any atom is 0.273 e. The van der Waals surface area contributed by atoms with Gasteiger partial charge in [-0.3, -0.25) is 4.99 Å². The molecule has 0 aromatic heterocycles. The molecule has 2 nitrogen and oxygen atoms in total. The number of rotatable bonds is 3. The van der Waals surface area contributed by atoms with Gasteiger partial charge in [0.05, 0.1) is 17.6 Å². The highest BCUT2D eigenvalue weighted by atomic mass is 19.3. The molecule has 0 aliphatic rings. The second-order valence-electron chi connectivity index (χ2n) is 3.20. The molecule has 0 aliphatic carbocycles. The molecule has 1 rings (SSSR count). The lowest BCUT2D eigenvalue weighted by molar-refractivity contribution is 0.231. The van der Waals surface area contributed by atoms with Crippen LogP contribution in [0.1, 0.15) is 25.0 Å². The fourth-order valence-corrected chi connectivity index (χ4v) is 1.19. The van der Waals surface area contributed by atoms with Gasteiger partial charge in [0, 0.05) is 5.56 Å². The highest BCUT2D eigenvalue weighted by Crippen LogP contribution is 2.25. The van der Waals surface area contributed by atoms with E-state index in [0.29, 0.717) is 11.8 Å². The molecule has 5 heteroatoms. The summed E-state index contributed by atoms with van der Waals surface area (Å²) in [5.41, 5.74) is 6.63. The van der Waals surface area contributed by atoms with E-state index in [0.717, 1.165) is 5.56 Å². The molecule has 0 aliphatic heterocycles. The van der Waals surface area contributed by atoms with Crippen molar-refractivity contribution >= 4 is 17.6 Å². The van der Waals surface area contributed by atoms with Crippen molar-refractivity contribution in [3.8, 4) is 0 Å². The van der Waals surface area contributed by atoms with Crippen molar-refractivity contribution in [1.29, 1.82) is 0 Å². The van der Waals surface area contributed by atoms with Gasteiger partial charge in [-0.05, 0) is 19.1 Å². The van der Waals surface area contributed by atoms with Crippen LogP contribution >= 0.6 is 0 Å². The van der Waals surface area contributed by atoms with E-state index in [1.54, 1.807) is 19.1 Å². The van der Waals surface area contributed by atoms with E-state index in [1.807, 2.05) is 13.8 Å². The Morgan fingerprint density at radius 2 is 1.94 bits per heavy atom. The number of halogens is 3. The molecular formula is C13H17F3N2. The van der Waals surface area contributed by atoms with Crippen LogP contribution in [0.5, 0.6) is 0 Å². The van der Waals surface area contributed by atoms with E-state index in [-0.39, 0.29) is 17.7 Å². The van der Waals surface area contributed by atoms with Crippen molar-refractivity contribution in [2.45, 2.75) is 27.2 Å². The summed E-state index contributed by atoms with van der Waals surface area (Å²) in [6, 6.07) is 4.79. The SMILES string of the molecule is CC.Cc1ccc(N=CC(F)F)c(/C(N)=C\F)c1. The molecule has 0 heterocycles. The van der Waals surface area contributed by atoms with E-state index < -0.39 is 6.43 Å². The largest absolute Gasteiger partial charge is 0.396 e. The lowest BCUT2D eigenvalue weighted by atomic mass is 10.1. The Balaban J connectivity index is 0.00000137. The average Bonchev–Trinajstić information content (AvgIpc) is 2.38. The average molecular weight is 258 g/mol. The summed E-state index contributed by atoms with van der Waals surface area (Å²) in [5.74, 6) is 0. The van der Waals surface area contributed by atoms with Crippen molar-refractivity contribution in [2.24, 2.45) is 10.7 Å². The molecule has 0 bridgehead atoms. The van der Waals surface area contributed by atoms with Crippen LogP contribution in [0.3, 0.4) is 0 Å². The van der Waals surface area contributed by atoms with Crippen molar-refractivity contribution in [3.63, 3.8) is 0 Å². The van der Waals surface area contributed by atoms with Gasteiger partial charge in [0.25, 0.3) is 6.43 Å². The van der Waals surface area contributed by atoms with Gasteiger partial charge in [-0.2, -0.15) is 0 Å². The van der Waals surface area contributed by atoms with E-state index in [4.69, 9.17) is 5.73 Å². The zero-order valence-corrected chi connectivity index (χ0v) is 10.6. The molecule has 0 saturated carbocycles. The van der Waals surface area contributed by atoms with Crippen molar-refractivity contribution in [2.75, 3.05) is 0 Å². The third-order valence-corrected chi connectivity index (χ3v) is 1.91. The molecule has 0 saturated heterocycles. The van der Waals surface area contributed by atoms with Crippen LogP contribution in [0, 0.1) is 6.92 Å². The lowest BCUT2D eigenvalue weighted by Crippen LogP contribution is -1.97. The molecule has 0 unspecified atom stereocenters. The minimum atomic E-state index is -2.65. The number of aryl methyl sites for hydroxylation is 1. The first-order valence-corrected chi connectivity index (χ1v) is 5.54. The molecule has 1 aromatic rings. The standard InChI is InChI=1S/C11H11F3N2.C2H6/c1-7-2-3-10(16-6-11(13)14)8(4-7)9(15)5-12;1-2/h2-6,11H,15H2,1H3;1-2H3/b9-5+,16-6?;. The summed E-state index contributed by atoms with van der Waals surface area (Å²) in [6.07, 6.45) is -1.94. The van der Waals surface area contributed by atoms with Crippen LogP contribution in [0.4, 0.5) is 18.9 Å². The minimum Gasteiger partial charge on any atom is -0.396 e. The second kappa shape index (κ2) is 8.33. The monoisotopic (exact) mass is 258 g/mol. The first-order valence-electron chi connectivity index (χ1n) is 5.54. The summed E-state index contributed by atoms with van der Waals surface area (Å²) >= 11 is 0. The molecule has 0 amide bonds. The van der Waals surface area contributed by atoms with Gasteiger partial charge in [-0.15, -0.1) is 0 Å². The Morgan fingerprint density at radius 3 is 2.44 bits per heavy atom. The number of benzene rings is 1. The number of hydrogen-bond donors (Lipinski definition) is 1. The van der Waals surface area contributed by atoms with Gasteiger partial charge in [0.1, 0.15) is 6.33 Å². The zero-order valence-electron chi connectivity index (χ0n) is 10.6. The Bertz CT molecular complexity index is 426. The van der Waals surface area contributed by atoms with E-state index in [2.05, 4.69) is 4.99 Å². The van der Waals surface area contributed by atoms with Gasteiger partial charge >= 0.3 is 0 Å². The van der Waals surface area contributed by atoms with Crippen LogP contribution < -0.4 is 5.73 Å². The third-order valence-electron chi connectivity index (χ3n) is 1.91. The first-order chi connectivity index (χ1) is 8.54. The maximum atomic E-state index is 12.3. The van der Waals surface area contributed by atoms with E-state index in [9.17, 15) is 13.2 Å². The normalized spacial score (nSPS) is 11.6. The zero-order chi connectivity index (χ0) is 14.1. The molecule has 1 aromatic carbocycles. The fraction of sp³-hybridized carbons (Fsp3) is 0.308. The smallest absolute Gasteiger partial charge is 0.273 e. The quantitative estimate of drug-likeness (QED) is 0.810. The Labute approximate surface area is 105 Å². The molecule has 2 N–H and O–H groups in total. The number of hydrogen-bond acceptors (Lipinski definition) is 2. The Hall–Kier alpha value is -1.78. The van der Waals surface area contributed by atoms with Gasteiger partial charge < -0.3 is 5.73 Å². The molecule has 0 fully saturated rings. The van der Waals surface area contributed by atoms with Crippen LogP contribution in [0.15, 0.2) is 29.5 Å². The number of alkyl halides is 2. The van der Waals surface area contributed by atoms with Crippen molar-refractivity contribution < 1.29 is 13.2 Å². The predicted octanol–water partition coefficient (Wildman–Crippen LogP) is 4.22. The lowest BCUT2D eigenvalue weighted by Gasteiger charge is -2.05. The van der Waals surface area contributed by atoms with Crippen molar-refractivity contribution in [1.82, 2.24) is 0 Å². The van der Waals surface area contributed by atoms with Gasteiger partial charge in [-0.25, -0.2) is 13.2 Å². The molecule has 0 atom stereocenters. The van der Waals surface area contributed by atoms with Gasteiger partial charge in [-0.1, -0.05) is 25.5 Å². The summed E-state index contributed by atoms with van der Waals surface area (Å²) in [4.78, 5) is 3.55. The Morgan fingerprint density at radius 1 is 1.33 bits per heavy atom. The number of aliphatic imine (C=N–C) groups is 1. The Kier molecular flexibility index (Phi) is 7.51. The van der Waals surface area contributed by atoms with Crippen molar-refractivity contribution in [3.05, 3.63) is 35.7 Å². The van der Waals surface area contributed by atoms with E-state index >= 15 is 0 Å². The first kappa shape index (κ1) is 16.2. The second-order valence-corrected chi connectivity index (χ2v) is 3.20. The maximum absolute atomic E-state index is 12.3. The summed E-state index contributed by atoms with van der Waals surface area (Å²) in [6.45, 7) is 5.79. The summed E-state index contributed by atoms with van der Waals surface area (Å²) < 4.78 is 36.2. The van der Waals surface area contributed by atoms with Gasteiger partial charge in [0.15, 0.2) is 0 Å². The molecule has 18 heavy (non-hydrogen) atoms. The summed E-state index contributed by atoms with van der Waals surface area (Å²) in [7, 11) is 0. The van der Waals surface area contributed by atoms with Crippen LogP contribution in [-0.4, -0.2) is 12.6 Å². The number of nitrogens with two attached hydrogens (primary N) is 1. The van der Waals surface area contributed by atoms with Crippen LogP contribution in [0.25, 0.3) is 5.70 Å². The van der Waals surface area contributed by atoms with Crippen LogP contribution in [-0.2, 0) is 0 Å². The number of nitrogens with zero attached hydrogens (tertiary/aromatic N) is 1. The molecular weight excluding hydrogens is 241 g/mol. The minimum absolute atomic E-state index is 0.134. The highest BCUT2D eigenvalue weighted by molar-refractivity contribution is 5.76. The molecule has 100 valence electrons. The fourth-order valence-electron chi connectivity index (χ4n) is 1.19. The topological polar surface area (TPSA) is 38.4 Å². The molecule has 0 spiro atoms.